The van der Waals surface area contributed by atoms with Crippen LogP contribution in [0.1, 0.15) is 76.5 Å². The summed E-state index contributed by atoms with van der Waals surface area (Å²) in [5, 5.41) is 14.4. The highest BCUT2D eigenvalue weighted by Gasteiger charge is 2.39. The van der Waals surface area contributed by atoms with Crippen molar-refractivity contribution in [1.82, 2.24) is 15.2 Å². The number of nitrogens with zero attached hydrogens (tertiary/aromatic N) is 2. The van der Waals surface area contributed by atoms with Gasteiger partial charge in [-0.25, -0.2) is 4.79 Å². The van der Waals surface area contributed by atoms with E-state index in [2.05, 4.69) is 40.3 Å². The molecule has 1 amide bonds. The Morgan fingerprint density at radius 3 is 2.42 bits per heavy atom. The zero-order valence-corrected chi connectivity index (χ0v) is 35.9. The number of hydrogen-bond donors (Lipinski definition) is 2. The van der Waals surface area contributed by atoms with Crippen LogP contribution in [0, 0.1) is 0 Å². The molecule has 0 radical (unpaired) electrons. The van der Waals surface area contributed by atoms with Gasteiger partial charge in [0.15, 0.2) is 17.6 Å². The van der Waals surface area contributed by atoms with Crippen molar-refractivity contribution in [3.63, 3.8) is 0 Å². The number of halogens is 2. The summed E-state index contributed by atoms with van der Waals surface area (Å²) in [6, 6.07) is 35.6. The molecule has 1 aliphatic carbocycles. The summed E-state index contributed by atoms with van der Waals surface area (Å²) in [6.07, 6.45) is 5.93. The molecule has 0 bridgehead atoms. The Hall–Kier alpha value is -5.87. The van der Waals surface area contributed by atoms with E-state index in [0.29, 0.717) is 53.5 Å². The number of nitrogens with one attached hydrogen (secondary N) is 1. The molecule has 0 saturated carbocycles. The number of aliphatic carboxylic acids is 1. The van der Waals surface area contributed by atoms with E-state index in [1.807, 2.05) is 91.1 Å². The van der Waals surface area contributed by atoms with Gasteiger partial charge in [0.25, 0.3) is 0 Å². The van der Waals surface area contributed by atoms with Gasteiger partial charge in [-0.2, -0.15) is 0 Å². The summed E-state index contributed by atoms with van der Waals surface area (Å²) < 4.78 is 18.9. The van der Waals surface area contributed by atoms with Gasteiger partial charge in [0.1, 0.15) is 25.0 Å². The minimum absolute atomic E-state index is 0.0936. The number of hydrogen-bond acceptors (Lipinski definition) is 7. The van der Waals surface area contributed by atoms with Crippen LogP contribution in [0.2, 0.25) is 10.0 Å². The second-order valence-electron chi connectivity index (χ2n) is 16.3. The van der Waals surface area contributed by atoms with Gasteiger partial charge in [-0.3, -0.25) is 14.7 Å². The van der Waals surface area contributed by atoms with Gasteiger partial charge in [-0.05, 0) is 125 Å². The smallest absolute Gasteiger partial charge is 0.326 e. The van der Waals surface area contributed by atoms with E-state index in [0.717, 1.165) is 70.3 Å². The monoisotopic (exact) mass is 867 g/mol. The molecule has 62 heavy (non-hydrogen) atoms. The van der Waals surface area contributed by atoms with Gasteiger partial charge in [0, 0.05) is 30.9 Å². The molecule has 4 atom stereocenters. The fourth-order valence-corrected chi connectivity index (χ4v) is 9.40. The van der Waals surface area contributed by atoms with Crippen LogP contribution in [0.3, 0.4) is 0 Å². The first-order chi connectivity index (χ1) is 30.2. The number of ether oxygens (including phenoxy) is 3. The molecule has 0 spiro atoms. The second kappa shape index (κ2) is 18.2. The van der Waals surface area contributed by atoms with Crippen LogP contribution in [-0.2, 0) is 48.4 Å². The third kappa shape index (κ3) is 8.89. The first kappa shape index (κ1) is 41.5. The predicted octanol–water partition coefficient (Wildman–Crippen LogP) is 10.3. The number of carboxylic acids is 1. The van der Waals surface area contributed by atoms with Gasteiger partial charge in [-0.1, -0.05) is 103 Å². The summed E-state index contributed by atoms with van der Waals surface area (Å²) in [5.41, 5.74) is 10.5. The van der Waals surface area contributed by atoms with Crippen LogP contribution in [-0.4, -0.2) is 45.6 Å². The van der Waals surface area contributed by atoms with Crippen LogP contribution >= 0.6 is 23.2 Å². The number of carbonyl (C=O) groups is 2. The quantitative estimate of drug-likeness (QED) is 0.118. The van der Waals surface area contributed by atoms with Gasteiger partial charge >= 0.3 is 5.97 Å². The number of rotatable bonds is 13. The molecule has 0 unspecified atom stereocenters. The van der Waals surface area contributed by atoms with Crippen molar-refractivity contribution < 1.29 is 28.9 Å². The molecule has 0 saturated heterocycles. The van der Waals surface area contributed by atoms with E-state index in [-0.39, 0.29) is 24.5 Å². The maximum Gasteiger partial charge on any atom is 0.326 e. The van der Waals surface area contributed by atoms with Gasteiger partial charge in [-0.15, -0.1) is 0 Å². The van der Waals surface area contributed by atoms with Crippen molar-refractivity contribution in [2.75, 3.05) is 6.61 Å². The Kier molecular flexibility index (Phi) is 12.2. The van der Waals surface area contributed by atoms with Crippen LogP contribution in [0.25, 0.3) is 11.1 Å². The molecular weight excluding hydrogens is 821 g/mol. The summed E-state index contributed by atoms with van der Waals surface area (Å²) in [6.45, 7) is 3.24. The normalized spacial score (nSPS) is 17.7. The van der Waals surface area contributed by atoms with E-state index in [4.69, 9.17) is 37.4 Å². The van der Waals surface area contributed by atoms with Gasteiger partial charge in [0.05, 0.1) is 16.1 Å². The Labute approximate surface area is 371 Å². The van der Waals surface area contributed by atoms with E-state index >= 15 is 0 Å². The maximum absolute atomic E-state index is 14.5. The number of aromatic nitrogens is 1. The second-order valence-corrected chi connectivity index (χ2v) is 17.1. The fraction of sp³-hybridized carbons (Fsp3) is 0.275. The van der Waals surface area contributed by atoms with Crippen molar-refractivity contribution in [1.29, 1.82) is 0 Å². The number of carbonyl (C=O) groups excluding carboxylic acids is 1. The lowest BCUT2D eigenvalue weighted by atomic mass is 9.89. The first-order valence-electron chi connectivity index (χ1n) is 21.2. The average Bonchev–Trinajstić information content (AvgIpc) is 3.79. The largest absolute Gasteiger partial charge is 0.489 e. The number of amides is 1. The van der Waals surface area contributed by atoms with Gasteiger partial charge in [0.2, 0.25) is 5.91 Å². The van der Waals surface area contributed by atoms with Crippen LogP contribution in [0.4, 0.5) is 0 Å². The van der Waals surface area contributed by atoms with E-state index in [9.17, 15) is 14.7 Å². The van der Waals surface area contributed by atoms with E-state index < -0.39 is 18.1 Å². The summed E-state index contributed by atoms with van der Waals surface area (Å²) in [4.78, 5) is 34.0. The molecule has 2 aliphatic heterocycles. The zero-order valence-electron chi connectivity index (χ0n) is 34.4. The minimum atomic E-state index is -1.11. The third-order valence-electron chi connectivity index (χ3n) is 12.3. The van der Waals surface area contributed by atoms with Gasteiger partial charge < -0.3 is 24.6 Å². The SMILES string of the molecule is CC[C@@H](c1ccccc1)N1Cc2cc3c(cc2C[C@H]1C(=O)N[C@@H](Cc1ccc(-c2ccnc4c2CCC4)cc1)C(=O)O)OC[C@H](c1ccc(OCc2ccc(Cl)c(Cl)c2)cc1)O3. The highest BCUT2D eigenvalue weighted by molar-refractivity contribution is 6.42. The average molecular weight is 869 g/mol. The highest BCUT2D eigenvalue weighted by Crippen LogP contribution is 2.43. The summed E-state index contributed by atoms with van der Waals surface area (Å²) in [5.74, 6) is 0.572. The van der Waals surface area contributed by atoms with Crippen LogP contribution in [0.5, 0.6) is 17.2 Å². The highest BCUT2D eigenvalue weighted by atomic mass is 35.5. The molecule has 6 aromatic rings. The van der Waals surface area contributed by atoms with Crippen molar-refractivity contribution in [2.45, 2.75) is 82.8 Å². The van der Waals surface area contributed by atoms with Crippen LogP contribution in [0.15, 0.2) is 121 Å². The Morgan fingerprint density at radius 1 is 0.887 bits per heavy atom. The van der Waals surface area contributed by atoms with Crippen molar-refractivity contribution in [2.24, 2.45) is 0 Å². The molecule has 2 N–H and O–H groups in total. The lowest BCUT2D eigenvalue weighted by Gasteiger charge is -2.42. The Morgan fingerprint density at radius 2 is 1.66 bits per heavy atom. The molecule has 0 fully saturated rings. The molecule has 5 aromatic carbocycles. The Bertz CT molecular complexity index is 2590. The zero-order chi connectivity index (χ0) is 42.7. The number of carboxylic acid groups (broad SMARTS) is 1. The van der Waals surface area contributed by atoms with Crippen molar-refractivity contribution in [3.05, 3.63) is 176 Å². The minimum Gasteiger partial charge on any atom is -0.489 e. The lowest BCUT2D eigenvalue weighted by molar-refractivity contribution is -0.143. The Balaban J connectivity index is 0.916. The summed E-state index contributed by atoms with van der Waals surface area (Å²) in [7, 11) is 0. The molecule has 9 rings (SSSR count). The molecule has 9 nitrogen and oxygen atoms in total. The molecule has 316 valence electrons. The van der Waals surface area contributed by atoms with Crippen LogP contribution < -0.4 is 19.5 Å². The van der Waals surface area contributed by atoms with Crippen molar-refractivity contribution >= 4 is 35.1 Å². The molecule has 3 aliphatic rings. The maximum atomic E-state index is 14.5. The number of fused-ring (bicyclic) bond motifs is 3. The first-order valence-corrected chi connectivity index (χ1v) is 22.0. The van der Waals surface area contributed by atoms with Crippen molar-refractivity contribution in [3.8, 4) is 28.4 Å². The lowest BCUT2D eigenvalue weighted by Crippen LogP contribution is -2.55. The topological polar surface area (TPSA) is 110 Å². The molecule has 3 heterocycles. The fourth-order valence-electron chi connectivity index (χ4n) is 9.08. The molecular formula is C51H47Cl2N3O6. The predicted molar refractivity (Wildman–Crippen MR) is 240 cm³/mol. The standard InChI is InChI=1S/C51H47Cl2N3O6/c1-2-45(34-7-4-3-5-8-34)56-28-37-27-48-47(61-30-49(62-48)35-16-18-38(19-17-35)60-29-32-13-20-41(52)42(53)23-32)26-36(37)25-46(56)50(57)55-44(51(58)59)24-31-11-14-33(15-12-31)39-21-22-54-43-10-6-9-40(39)43/h3-5,7-8,11-23,26-27,44-46,49H,2,6,9-10,24-25,28-30H2,1H3,(H,55,57)(H,58,59)/t44-,45-,46-,49+/m0/s1. The third-order valence-corrected chi connectivity index (χ3v) is 13.1. The number of aryl methyl sites for hydroxylation is 1. The number of benzene rings is 5. The number of pyridine rings is 1. The van der Waals surface area contributed by atoms with E-state index in [1.54, 1.807) is 12.1 Å². The summed E-state index contributed by atoms with van der Waals surface area (Å²) >= 11 is 12.2. The van der Waals surface area contributed by atoms with E-state index in [1.165, 1.54) is 11.1 Å². The molecule has 11 heteroatoms. The molecule has 1 aromatic heterocycles.